The van der Waals surface area contributed by atoms with Crippen LogP contribution in [0.5, 0.6) is 0 Å². The smallest absolute Gasteiger partial charge is 0.146 e. The molecular weight excluding hydrogens is 97.0 g/mol. The van der Waals surface area contributed by atoms with E-state index in [4.69, 9.17) is 0 Å². The van der Waals surface area contributed by atoms with Crippen LogP contribution in [0, 0.1) is 0 Å². The van der Waals surface area contributed by atoms with E-state index in [0.29, 0.717) is 5.12 Å². The SMILES string of the molecule is CC(=O)CN(C)F. The second-order valence-electron chi connectivity index (χ2n) is 1.46. The van der Waals surface area contributed by atoms with Crippen LogP contribution in [-0.4, -0.2) is 24.5 Å². The van der Waals surface area contributed by atoms with Crippen LogP contribution in [-0.2, 0) is 4.79 Å². The molecule has 0 rings (SSSR count). The normalized spacial score (nSPS) is 9.71. The molecule has 0 unspecified atom stereocenters. The highest BCUT2D eigenvalue weighted by Gasteiger charge is 1.95. The van der Waals surface area contributed by atoms with Gasteiger partial charge in [0, 0.05) is 7.05 Å². The van der Waals surface area contributed by atoms with Gasteiger partial charge in [-0.2, -0.15) is 0 Å². The first-order chi connectivity index (χ1) is 3.13. The zero-order valence-electron chi connectivity index (χ0n) is 4.44. The fraction of sp³-hybridized carbons (Fsp3) is 0.750. The van der Waals surface area contributed by atoms with E-state index in [9.17, 15) is 9.28 Å². The quantitative estimate of drug-likeness (QED) is 0.473. The summed E-state index contributed by atoms with van der Waals surface area (Å²) in [5.74, 6) is -0.162. The summed E-state index contributed by atoms with van der Waals surface area (Å²) in [6, 6.07) is 0. The molecule has 0 saturated carbocycles. The molecule has 0 aromatic carbocycles. The fourth-order valence-corrected chi connectivity index (χ4v) is 0.307. The Morgan fingerprint density at radius 3 is 2.29 bits per heavy atom. The van der Waals surface area contributed by atoms with Crippen LogP contribution >= 0.6 is 0 Å². The Balaban J connectivity index is 3.13. The average molecular weight is 105 g/mol. The molecule has 0 N–H and O–H groups in total. The van der Waals surface area contributed by atoms with Crippen molar-refractivity contribution in [1.29, 1.82) is 0 Å². The van der Waals surface area contributed by atoms with Crippen molar-refractivity contribution in [2.75, 3.05) is 13.6 Å². The summed E-state index contributed by atoms with van der Waals surface area (Å²) in [5.41, 5.74) is 0. The summed E-state index contributed by atoms with van der Waals surface area (Å²) < 4.78 is 11.6. The molecule has 0 bridgehead atoms. The van der Waals surface area contributed by atoms with Crippen molar-refractivity contribution in [2.24, 2.45) is 0 Å². The second-order valence-corrected chi connectivity index (χ2v) is 1.46. The highest BCUT2D eigenvalue weighted by atomic mass is 19.2. The summed E-state index contributed by atoms with van der Waals surface area (Å²) >= 11 is 0. The third-order valence-electron chi connectivity index (χ3n) is 0.441. The molecule has 42 valence electrons. The number of Topliss-reactive ketones (excluding diaryl/α,β-unsaturated/α-hetero) is 1. The van der Waals surface area contributed by atoms with Gasteiger partial charge in [-0.1, -0.05) is 0 Å². The fourth-order valence-electron chi connectivity index (χ4n) is 0.307. The number of carbonyl (C=O) groups excluding carboxylic acids is 1. The number of hydrogen-bond donors (Lipinski definition) is 0. The molecule has 0 atom stereocenters. The number of likely N-dealkylation sites (N-methyl/N-ethyl adjacent to an activating group) is 1. The van der Waals surface area contributed by atoms with Crippen LogP contribution < -0.4 is 0 Å². The lowest BCUT2D eigenvalue weighted by Gasteiger charge is -1.97. The van der Waals surface area contributed by atoms with Crippen molar-refractivity contribution in [3.05, 3.63) is 0 Å². The van der Waals surface area contributed by atoms with Gasteiger partial charge in [0.2, 0.25) is 0 Å². The Kier molecular flexibility index (Phi) is 2.52. The first-order valence-electron chi connectivity index (χ1n) is 1.99. The molecular formula is C4H8FNO. The maximum atomic E-state index is 11.6. The average Bonchev–Trinajstić information content (AvgIpc) is 1.27. The standard InChI is InChI=1S/C4H8FNO/c1-4(7)3-6(2)5/h3H2,1-2H3. The maximum absolute atomic E-state index is 11.6. The zero-order valence-corrected chi connectivity index (χ0v) is 4.44. The van der Waals surface area contributed by atoms with Gasteiger partial charge >= 0.3 is 0 Å². The lowest BCUT2D eigenvalue weighted by atomic mass is 10.5. The second kappa shape index (κ2) is 2.69. The molecule has 0 radical (unpaired) electrons. The molecule has 0 aromatic heterocycles. The largest absolute Gasteiger partial charge is 0.298 e. The molecule has 0 amide bonds. The third kappa shape index (κ3) is 5.56. The first-order valence-corrected chi connectivity index (χ1v) is 1.99. The van der Waals surface area contributed by atoms with Crippen molar-refractivity contribution in [1.82, 2.24) is 5.12 Å². The number of ketones is 1. The molecule has 0 aromatic rings. The van der Waals surface area contributed by atoms with Gasteiger partial charge in [-0.25, -0.2) is 0 Å². The molecule has 2 nitrogen and oxygen atoms in total. The molecule has 7 heavy (non-hydrogen) atoms. The highest BCUT2D eigenvalue weighted by Crippen LogP contribution is 1.79. The molecule has 0 aliphatic carbocycles. The summed E-state index contributed by atoms with van der Waals surface area (Å²) in [6.07, 6.45) is 0. The molecule has 0 aliphatic heterocycles. The highest BCUT2D eigenvalue weighted by molar-refractivity contribution is 5.77. The number of halogens is 1. The van der Waals surface area contributed by atoms with E-state index in [2.05, 4.69) is 0 Å². The molecule has 0 spiro atoms. The minimum absolute atomic E-state index is 0.111. The van der Waals surface area contributed by atoms with Gasteiger partial charge in [-0.15, -0.1) is 9.60 Å². The number of rotatable bonds is 2. The van der Waals surface area contributed by atoms with Gasteiger partial charge < -0.3 is 0 Å². The van der Waals surface area contributed by atoms with Crippen molar-refractivity contribution >= 4 is 5.78 Å². The molecule has 0 aliphatic rings. The van der Waals surface area contributed by atoms with Gasteiger partial charge in [0.05, 0.1) is 6.54 Å². The lowest BCUT2D eigenvalue weighted by molar-refractivity contribution is -0.121. The first kappa shape index (κ1) is 6.56. The van der Waals surface area contributed by atoms with E-state index in [1.165, 1.54) is 14.0 Å². The van der Waals surface area contributed by atoms with E-state index >= 15 is 0 Å². The number of carbonyl (C=O) groups is 1. The van der Waals surface area contributed by atoms with Crippen LogP contribution in [0.1, 0.15) is 6.92 Å². The minimum atomic E-state index is -0.162. The van der Waals surface area contributed by atoms with E-state index in [-0.39, 0.29) is 12.3 Å². The van der Waals surface area contributed by atoms with E-state index in [0.717, 1.165) is 0 Å². The van der Waals surface area contributed by atoms with Crippen molar-refractivity contribution < 1.29 is 9.28 Å². The monoisotopic (exact) mass is 105 g/mol. The Hall–Kier alpha value is -0.440. The van der Waals surface area contributed by atoms with Gasteiger partial charge in [0.1, 0.15) is 5.78 Å². The Morgan fingerprint density at radius 1 is 1.86 bits per heavy atom. The minimum Gasteiger partial charge on any atom is -0.298 e. The Bertz CT molecular complexity index is 72.1. The zero-order chi connectivity index (χ0) is 5.86. The van der Waals surface area contributed by atoms with Crippen LogP contribution in [0.2, 0.25) is 0 Å². The molecule has 0 saturated heterocycles. The topological polar surface area (TPSA) is 20.3 Å². The molecule has 0 heterocycles. The maximum Gasteiger partial charge on any atom is 0.146 e. The van der Waals surface area contributed by atoms with Crippen molar-refractivity contribution in [3.8, 4) is 0 Å². The van der Waals surface area contributed by atoms with E-state index < -0.39 is 0 Å². The van der Waals surface area contributed by atoms with Crippen LogP contribution in [0.25, 0.3) is 0 Å². The predicted octanol–water partition coefficient (Wildman–Crippen LogP) is 0.392. The van der Waals surface area contributed by atoms with Crippen LogP contribution in [0.3, 0.4) is 0 Å². The predicted molar refractivity (Wildman–Crippen MR) is 24.4 cm³/mol. The van der Waals surface area contributed by atoms with Crippen molar-refractivity contribution in [2.45, 2.75) is 6.92 Å². The van der Waals surface area contributed by atoms with Gasteiger partial charge in [-0.05, 0) is 6.92 Å². The third-order valence-corrected chi connectivity index (χ3v) is 0.441. The van der Waals surface area contributed by atoms with Gasteiger partial charge in [-0.3, -0.25) is 4.79 Å². The number of hydrogen-bond acceptors (Lipinski definition) is 2. The summed E-state index contributed by atoms with van der Waals surface area (Å²) in [6.45, 7) is 1.23. The summed E-state index contributed by atoms with van der Waals surface area (Å²) in [5, 5.41) is 0.350. The lowest BCUT2D eigenvalue weighted by Crippen LogP contribution is -2.14. The van der Waals surface area contributed by atoms with E-state index in [1.807, 2.05) is 0 Å². The summed E-state index contributed by atoms with van der Waals surface area (Å²) in [4.78, 5) is 9.97. The van der Waals surface area contributed by atoms with Crippen molar-refractivity contribution in [3.63, 3.8) is 0 Å². The Labute approximate surface area is 41.9 Å². The van der Waals surface area contributed by atoms with Gasteiger partial charge in [0.25, 0.3) is 0 Å². The summed E-state index contributed by atoms with van der Waals surface area (Å²) in [7, 11) is 1.21. The Morgan fingerprint density at radius 2 is 2.29 bits per heavy atom. The molecule has 3 heteroatoms. The van der Waals surface area contributed by atoms with E-state index in [1.54, 1.807) is 0 Å². The number of nitrogens with zero attached hydrogens (tertiary/aromatic N) is 1. The van der Waals surface area contributed by atoms with Crippen LogP contribution in [0.15, 0.2) is 0 Å². The van der Waals surface area contributed by atoms with Crippen LogP contribution in [0.4, 0.5) is 4.48 Å². The van der Waals surface area contributed by atoms with Gasteiger partial charge in [0.15, 0.2) is 0 Å². The molecule has 0 fully saturated rings.